The zero-order valence-corrected chi connectivity index (χ0v) is 19.6. The lowest BCUT2D eigenvalue weighted by Crippen LogP contribution is -2.26. The number of aromatic nitrogens is 2. The van der Waals surface area contributed by atoms with Gasteiger partial charge >= 0.3 is 0 Å². The van der Waals surface area contributed by atoms with Gasteiger partial charge in [0.2, 0.25) is 5.91 Å². The molecule has 0 saturated carbocycles. The van der Waals surface area contributed by atoms with Gasteiger partial charge in [0.25, 0.3) is 5.56 Å². The fourth-order valence-corrected chi connectivity index (χ4v) is 4.58. The molecule has 3 aromatic carbocycles. The number of nitrogens with zero attached hydrogens (tertiary/aromatic N) is 2. The summed E-state index contributed by atoms with van der Waals surface area (Å²) < 4.78 is 6.94. The van der Waals surface area contributed by atoms with Gasteiger partial charge in [-0.3, -0.25) is 14.2 Å². The molecule has 0 aliphatic heterocycles. The quantitative estimate of drug-likeness (QED) is 0.327. The molecule has 4 aromatic rings. The van der Waals surface area contributed by atoms with Crippen molar-refractivity contribution in [3.8, 4) is 11.4 Å². The molecule has 4 rings (SSSR count). The Balaban J connectivity index is 1.61. The molecule has 0 fully saturated rings. The van der Waals surface area contributed by atoms with Gasteiger partial charge in [0.05, 0.1) is 29.5 Å². The molecule has 0 radical (unpaired) electrons. The van der Waals surface area contributed by atoms with Crippen LogP contribution in [0.1, 0.15) is 16.7 Å². The highest BCUT2D eigenvalue weighted by atomic mass is 32.2. The summed E-state index contributed by atoms with van der Waals surface area (Å²) in [6.07, 6.45) is 0. The maximum absolute atomic E-state index is 13.4. The standard InChI is InChI=1S/C26H25N3O3S/c1-17-12-18(2)14-20(13-17)29-25(31)21-9-5-6-10-22(21)28-26(29)33-16-24(30)27-15-19-8-4-7-11-23(19)32-3/h4-14H,15-16H2,1-3H3,(H,27,30). The molecule has 7 heteroatoms. The summed E-state index contributed by atoms with van der Waals surface area (Å²) in [5.41, 5.74) is 4.20. The third kappa shape index (κ3) is 5.09. The molecule has 0 bridgehead atoms. The number of nitrogens with one attached hydrogen (secondary N) is 1. The van der Waals surface area contributed by atoms with Crippen molar-refractivity contribution < 1.29 is 9.53 Å². The molecule has 0 saturated heterocycles. The van der Waals surface area contributed by atoms with Gasteiger partial charge in [-0.2, -0.15) is 0 Å². The number of fused-ring (bicyclic) bond motifs is 1. The topological polar surface area (TPSA) is 73.2 Å². The molecule has 1 amide bonds. The number of ether oxygens (including phenoxy) is 1. The highest BCUT2D eigenvalue weighted by molar-refractivity contribution is 7.99. The fourth-order valence-electron chi connectivity index (χ4n) is 3.74. The van der Waals surface area contributed by atoms with Crippen molar-refractivity contribution in [3.63, 3.8) is 0 Å². The lowest BCUT2D eigenvalue weighted by atomic mass is 10.1. The number of carbonyl (C=O) groups excluding carboxylic acids is 1. The van der Waals surface area contributed by atoms with Crippen LogP contribution in [0.25, 0.3) is 16.6 Å². The molecular formula is C26H25N3O3S. The minimum Gasteiger partial charge on any atom is -0.496 e. The number of methoxy groups -OCH3 is 1. The van der Waals surface area contributed by atoms with E-state index in [0.29, 0.717) is 22.6 Å². The van der Waals surface area contributed by atoms with Gasteiger partial charge in [-0.05, 0) is 55.3 Å². The van der Waals surface area contributed by atoms with E-state index in [1.807, 2.05) is 68.4 Å². The summed E-state index contributed by atoms with van der Waals surface area (Å²) >= 11 is 1.24. The highest BCUT2D eigenvalue weighted by Crippen LogP contribution is 2.23. The zero-order valence-electron chi connectivity index (χ0n) is 18.8. The van der Waals surface area contributed by atoms with Crippen LogP contribution < -0.4 is 15.6 Å². The molecule has 0 aliphatic carbocycles. The first-order valence-electron chi connectivity index (χ1n) is 10.6. The molecule has 0 spiro atoms. The molecule has 0 unspecified atom stereocenters. The summed E-state index contributed by atoms with van der Waals surface area (Å²) in [5.74, 6) is 0.704. The molecule has 1 aromatic heterocycles. The maximum Gasteiger partial charge on any atom is 0.266 e. The molecule has 33 heavy (non-hydrogen) atoms. The number of rotatable bonds is 7. The van der Waals surface area contributed by atoms with Crippen LogP contribution in [0.2, 0.25) is 0 Å². The second kappa shape index (κ2) is 9.92. The van der Waals surface area contributed by atoms with Crippen LogP contribution in [0.15, 0.2) is 76.7 Å². The number of amides is 1. The molecule has 0 aliphatic rings. The third-order valence-corrected chi connectivity index (χ3v) is 6.15. The molecule has 1 heterocycles. The minimum absolute atomic E-state index is 0.130. The van der Waals surface area contributed by atoms with Crippen molar-refractivity contribution in [3.05, 3.63) is 93.8 Å². The Bertz CT molecular complexity index is 1360. The smallest absolute Gasteiger partial charge is 0.266 e. The number of hydrogen-bond donors (Lipinski definition) is 1. The third-order valence-electron chi connectivity index (χ3n) is 5.21. The summed E-state index contributed by atoms with van der Waals surface area (Å²) in [7, 11) is 1.61. The first-order valence-corrected chi connectivity index (χ1v) is 11.6. The van der Waals surface area contributed by atoms with E-state index in [-0.39, 0.29) is 17.2 Å². The van der Waals surface area contributed by atoms with Crippen LogP contribution in [0, 0.1) is 13.8 Å². The van der Waals surface area contributed by atoms with E-state index in [2.05, 4.69) is 11.4 Å². The fraction of sp³-hybridized carbons (Fsp3) is 0.192. The van der Waals surface area contributed by atoms with Gasteiger partial charge in [0.1, 0.15) is 5.75 Å². The molecule has 1 N–H and O–H groups in total. The van der Waals surface area contributed by atoms with Crippen molar-refractivity contribution in [2.75, 3.05) is 12.9 Å². The summed E-state index contributed by atoms with van der Waals surface area (Å²) in [6.45, 7) is 4.35. The van der Waals surface area contributed by atoms with E-state index < -0.39 is 0 Å². The second-order valence-electron chi connectivity index (χ2n) is 7.78. The van der Waals surface area contributed by atoms with Crippen LogP contribution in [0.4, 0.5) is 0 Å². The minimum atomic E-state index is -0.153. The van der Waals surface area contributed by atoms with E-state index in [1.165, 1.54) is 11.8 Å². The van der Waals surface area contributed by atoms with Gasteiger partial charge < -0.3 is 10.1 Å². The van der Waals surface area contributed by atoms with Crippen molar-refractivity contribution in [2.24, 2.45) is 0 Å². The van der Waals surface area contributed by atoms with Crippen molar-refractivity contribution in [2.45, 2.75) is 25.5 Å². The Morgan fingerprint density at radius 1 is 1.03 bits per heavy atom. The summed E-state index contributed by atoms with van der Waals surface area (Å²) in [4.78, 5) is 30.7. The second-order valence-corrected chi connectivity index (χ2v) is 8.72. The maximum atomic E-state index is 13.4. The highest BCUT2D eigenvalue weighted by Gasteiger charge is 2.15. The summed E-state index contributed by atoms with van der Waals surface area (Å²) in [6, 6.07) is 20.8. The van der Waals surface area contributed by atoms with Crippen LogP contribution in [0.5, 0.6) is 5.75 Å². The van der Waals surface area contributed by atoms with E-state index in [9.17, 15) is 9.59 Å². The number of benzene rings is 3. The zero-order chi connectivity index (χ0) is 23.4. The van der Waals surface area contributed by atoms with Gasteiger partial charge in [-0.1, -0.05) is 48.2 Å². The van der Waals surface area contributed by atoms with E-state index in [1.54, 1.807) is 17.7 Å². The number of para-hydroxylation sites is 2. The molecule has 6 nitrogen and oxygen atoms in total. The first-order chi connectivity index (χ1) is 16.0. The van der Waals surface area contributed by atoms with E-state index >= 15 is 0 Å². The number of aryl methyl sites for hydroxylation is 2. The predicted molar refractivity (Wildman–Crippen MR) is 132 cm³/mol. The Labute approximate surface area is 196 Å². The normalized spacial score (nSPS) is 10.9. The number of thioether (sulfide) groups is 1. The van der Waals surface area contributed by atoms with Crippen molar-refractivity contribution in [1.29, 1.82) is 0 Å². The van der Waals surface area contributed by atoms with E-state index in [0.717, 1.165) is 28.1 Å². The van der Waals surface area contributed by atoms with E-state index in [4.69, 9.17) is 9.72 Å². The van der Waals surface area contributed by atoms with Crippen molar-refractivity contribution in [1.82, 2.24) is 14.9 Å². The molecule has 168 valence electrons. The van der Waals surface area contributed by atoms with Gasteiger partial charge in [-0.25, -0.2) is 4.98 Å². The number of hydrogen-bond acceptors (Lipinski definition) is 5. The summed E-state index contributed by atoms with van der Waals surface area (Å²) in [5, 5.41) is 3.94. The lowest BCUT2D eigenvalue weighted by molar-refractivity contribution is -0.118. The molecule has 0 atom stereocenters. The first kappa shape index (κ1) is 22.6. The Kier molecular flexibility index (Phi) is 6.79. The Morgan fingerprint density at radius 3 is 2.48 bits per heavy atom. The van der Waals surface area contributed by atoms with Crippen LogP contribution in [0.3, 0.4) is 0 Å². The molecular weight excluding hydrogens is 434 g/mol. The monoisotopic (exact) mass is 459 g/mol. The van der Waals surface area contributed by atoms with Gasteiger partial charge in [0, 0.05) is 12.1 Å². The van der Waals surface area contributed by atoms with Gasteiger partial charge in [-0.15, -0.1) is 0 Å². The van der Waals surface area contributed by atoms with Crippen LogP contribution in [-0.2, 0) is 11.3 Å². The SMILES string of the molecule is COc1ccccc1CNC(=O)CSc1nc2ccccc2c(=O)n1-c1cc(C)cc(C)c1. The average molecular weight is 460 g/mol. The average Bonchev–Trinajstić information content (AvgIpc) is 2.81. The van der Waals surface area contributed by atoms with Crippen molar-refractivity contribution >= 4 is 28.6 Å². The Morgan fingerprint density at radius 2 is 1.73 bits per heavy atom. The lowest BCUT2D eigenvalue weighted by Gasteiger charge is -2.14. The number of carbonyl (C=O) groups is 1. The van der Waals surface area contributed by atoms with Crippen LogP contribution in [-0.4, -0.2) is 28.3 Å². The largest absolute Gasteiger partial charge is 0.496 e. The van der Waals surface area contributed by atoms with Gasteiger partial charge in [0.15, 0.2) is 5.16 Å². The van der Waals surface area contributed by atoms with Crippen LogP contribution >= 0.6 is 11.8 Å². The Hall–Kier alpha value is -3.58. The predicted octanol–water partition coefficient (Wildman–Crippen LogP) is 4.42.